The van der Waals surface area contributed by atoms with Crippen LogP contribution in [0.15, 0.2) is 0 Å². The van der Waals surface area contributed by atoms with Crippen LogP contribution in [-0.4, -0.2) is 38.9 Å². The number of nitrogens with two attached hydrogens (primary N) is 1. The molecule has 0 fully saturated rings. The highest BCUT2D eigenvalue weighted by atomic mass is 32.2. The Labute approximate surface area is 91.3 Å². The quantitative estimate of drug-likeness (QED) is 0.584. The number of carbonyl (C=O) groups is 1. The van der Waals surface area contributed by atoms with Crippen LogP contribution in [0, 0.1) is 5.92 Å². The van der Waals surface area contributed by atoms with E-state index in [-0.39, 0.29) is 17.7 Å². The number of carbonyl (C=O) groups excluding carboxylic acids is 1. The van der Waals surface area contributed by atoms with Crippen molar-refractivity contribution in [2.75, 3.05) is 18.6 Å². The summed E-state index contributed by atoms with van der Waals surface area (Å²) in [7, 11) is -2.92. The largest absolute Gasteiger partial charge is 0.368 e. The molecule has 0 saturated heterocycles. The number of primary amides is 1. The van der Waals surface area contributed by atoms with Gasteiger partial charge < -0.3 is 11.1 Å². The minimum Gasteiger partial charge on any atom is -0.368 e. The Bertz CT molecular complexity index is 298. The van der Waals surface area contributed by atoms with Gasteiger partial charge in [0, 0.05) is 6.26 Å². The normalized spacial score (nSPS) is 14.1. The van der Waals surface area contributed by atoms with Crippen LogP contribution >= 0.6 is 0 Å². The molecule has 0 aromatic heterocycles. The van der Waals surface area contributed by atoms with Gasteiger partial charge in [-0.25, -0.2) is 8.42 Å². The fraction of sp³-hybridized carbons (Fsp3) is 0.889. The molecule has 0 spiro atoms. The predicted molar refractivity (Wildman–Crippen MR) is 60.2 cm³/mol. The molecule has 0 rings (SSSR count). The maximum Gasteiger partial charge on any atom is 0.234 e. The van der Waals surface area contributed by atoms with Crippen molar-refractivity contribution in [1.29, 1.82) is 0 Å². The third-order valence-corrected chi connectivity index (χ3v) is 3.06. The van der Waals surface area contributed by atoms with Crippen LogP contribution in [0.5, 0.6) is 0 Å². The van der Waals surface area contributed by atoms with E-state index in [1.165, 1.54) is 6.26 Å². The SMILES string of the molecule is CC(C)C(NCCCS(C)(=O)=O)C(N)=O. The van der Waals surface area contributed by atoms with E-state index < -0.39 is 15.7 Å². The standard InChI is InChI=1S/C9H20N2O3S/c1-7(2)8(9(10)12)11-5-4-6-15(3,13)14/h7-8,11H,4-6H2,1-3H3,(H2,10,12). The summed E-state index contributed by atoms with van der Waals surface area (Å²) >= 11 is 0. The van der Waals surface area contributed by atoms with Gasteiger partial charge in [-0.1, -0.05) is 13.8 Å². The monoisotopic (exact) mass is 236 g/mol. The zero-order valence-corrected chi connectivity index (χ0v) is 10.3. The maximum atomic E-state index is 11.0. The van der Waals surface area contributed by atoms with E-state index in [2.05, 4.69) is 5.32 Å². The summed E-state index contributed by atoms with van der Waals surface area (Å²) in [5.74, 6) is -0.158. The van der Waals surface area contributed by atoms with E-state index in [1.807, 2.05) is 13.8 Å². The van der Waals surface area contributed by atoms with Gasteiger partial charge in [0.1, 0.15) is 9.84 Å². The van der Waals surface area contributed by atoms with Crippen LogP contribution in [-0.2, 0) is 14.6 Å². The second-order valence-corrected chi connectivity index (χ2v) is 6.32. The van der Waals surface area contributed by atoms with Crippen molar-refractivity contribution in [3.8, 4) is 0 Å². The van der Waals surface area contributed by atoms with Gasteiger partial charge in [0.15, 0.2) is 0 Å². The molecule has 0 aliphatic carbocycles. The lowest BCUT2D eigenvalue weighted by Crippen LogP contribution is -2.45. The molecule has 0 aliphatic heterocycles. The van der Waals surface area contributed by atoms with Gasteiger partial charge in [0.25, 0.3) is 0 Å². The zero-order valence-electron chi connectivity index (χ0n) is 9.49. The van der Waals surface area contributed by atoms with Crippen LogP contribution in [0.25, 0.3) is 0 Å². The van der Waals surface area contributed by atoms with Gasteiger partial charge in [-0.3, -0.25) is 4.79 Å². The van der Waals surface area contributed by atoms with Gasteiger partial charge in [-0.05, 0) is 18.9 Å². The molecule has 1 unspecified atom stereocenters. The second kappa shape index (κ2) is 6.07. The lowest BCUT2D eigenvalue weighted by Gasteiger charge is -2.18. The summed E-state index contributed by atoms with van der Waals surface area (Å²) < 4.78 is 21.6. The molecule has 0 heterocycles. The van der Waals surface area contributed by atoms with Gasteiger partial charge in [0.2, 0.25) is 5.91 Å². The van der Waals surface area contributed by atoms with Gasteiger partial charge >= 0.3 is 0 Å². The van der Waals surface area contributed by atoms with Crippen molar-refractivity contribution in [2.24, 2.45) is 11.7 Å². The van der Waals surface area contributed by atoms with Crippen LogP contribution in [0.4, 0.5) is 0 Å². The first-order valence-corrected chi connectivity index (χ1v) is 7.00. The Hall–Kier alpha value is -0.620. The molecule has 1 amide bonds. The van der Waals surface area contributed by atoms with Crippen molar-refractivity contribution in [3.05, 3.63) is 0 Å². The second-order valence-electron chi connectivity index (χ2n) is 4.06. The summed E-state index contributed by atoms with van der Waals surface area (Å²) in [6.45, 7) is 4.26. The number of hydrogen-bond donors (Lipinski definition) is 2. The number of rotatable bonds is 7. The van der Waals surface area contributed by atoms with Crippen LogP contribution in [0.1, 0.15) is 20.3 Å². The molecule has 90 valence electrons. The Morgan fingerprint density at radius 3 is 2.27 bits per heavy atom. The third kappa shape index (κ3) is 7.33. The van der Waals surface area contributed by atoms with Crippen molar-refractivity contribution in [1.82, 2.24) is 5.32 Å². The highest BCUT2D eigenvalue weighted by Gasteiger charge is 2.18. The molecule has 5 nitrogen and oxygen atoms in total. The Morgan fingerprint density at radius 2 is 1.93 bits per heavy atom. The molecule has 0 saturated carbocycles. The number of sulfone groups is 1. The Kier molecular flexibility index (Phi) is 5.82. The van der Waals surface area contributed by atoms with Crippen molar-refractivity contribution < 1.29 is 13.2 Å². The number of nitrogens with one attached hydrogen (secondary N) is 1. The molecule has 15 heavy (non-hydrogen) atoms. The van der Waals surface area contributed by atoms with Gasteiger partial charge in [-0.2, -0.15) is 0 Å². The van der Waals surface area contributed by atoms with Crippen molar-refractivity contribution >= 4 is 15.7 Å². The molecule has 3 N–H and O–H groups in total. The summed E-state index contributed by atoms with van der Waals surface area (Å²) in [6.07, 6.45) is 1.69. The molecule has 6 heteroatoms. The van der Waals surface area contributed by atoms with E-state index >= 15 is 0 Å². The van der Waals surface area contributed by atoms with Crippen molar-refractivity contribution in [3.63, 3.8) is 0 Å². The summed E-state index contributed by atoms with van der Waals surface area (Å²) in [5.41, 5.74) is 5.19. The molecule has 0 aromatic carbocycles. The molecule has 0 aliphatic rings. The fourth-order valence-corrected chi connectivity index (χ4v) is 1.93. The third-order valence-electron chi connectivity index (χ3n) is 2.03. The van der Waals surface area contributed by atoms with Crippen LogP contribution < -0.4 is 11.1 Å². The highest BCUT2D eigenvalue weighted by molar-refractivity contribution is 7.90. The first-order chi connectivity index (χ1) is 6.74. The van der Waals surface area contributed by atoms with E-state index in [0.29, 0.717) is 13.0 Å². The molecular formula is C9H20N2O3S. The van der Waals surface area contributed by atoms with Gasteiger partial charge in [0.05, 0.1) is 11.8 Å². The van der Waals surface area contributed by atoms with Gasteiger partial charge in [-0.15, -0.1) is 0 Å². The summed E-state index contributed by atoms with van der Waals surface area (Å²) in [4.78, 5) is 11.0. The first-order valence-electron chi connectivity index (χ1n) is 4.94. The fourth-order valence-electron chi connectivity index (χ4n) is 1.26. The lowest BCUT2D eigenvalue weighted by atomic mass is 10.0. The van der Waals surface area contributed by atoms with Crippen LogP contribution in [0.3, 0.4) is 0 Å². The minimum atomic E-state index is -2.92. The Balaban J connectivity index is 3.88. The van der Waals surface area contributed by atoms with E-state index in [0.717, 1.165) is 0 Å². The maximum absolute atomic E-state index is 11.0. The topological polar surface area (TPSA) is 89.3 Å². The molecular weight excluding hydrogens is 216 g/mol. The first kappa shape index (κ1) is 14.4. The van der Waals surface area contributed by atoms with Crippen LogP contribution in [0.2, 0.25) is 0 Å². The van der Waals surface area contributed by atoms with E-state index in [9.17, 15) is 13.2 Å². The average Bonchev–Trinajstić information content (AvgIpc) is 2.00. The molecule has 1 atom stereocenters. The zero-order chi connectivity index (χ0) is 12.1. The van der Waals surface area contributed by atoms with Crippen molar-refractivity contribution in [2.45, 2.75) is 26.3 Å². The minimum absolute atomic E-state index is 0.112. The predicted octanol–water partition coefficient (Wildman–Crippen LogP) is -0.479. The number of hydrogen-bond acceptors (Lipinski definition) is 4. The smallest absolute Gasteiger partial charge is 0.234 e. The van der Waals surface area contributed by atoms with E-state index in [1.54, 1.807) is 0 Å². The molecule has 0 radical (unpaired) electrons. The number of amides is 1. The Morgan fingerprint density at radius 1 is 1.40 bits per heavy atom. The van der Waals surface area contributed by atoms with E-state index in [4.69, 9.17) is 5.73 Å². The summed E-state index contributed by atoms with van der Waals surface area (Å²) in [5, 5.41) is 2.95. The summed E-state index contributed by atoms with van der Waals surface area (Å²) in [6, 6.07) is -0.385. The highest BCUT2D eigenvalue weighted by Crippen LogP contribution is 2.00. The molecule has 0 aromatic rings. The average molecular weight is 236 g/mol. The molecule has 0 bridgehead atoms. The lowest BCUT2D eigenvalue weighted by molar-refractivity contribution is -0.120.